The third-order valence-electron chi connectivity index (χ3n) is 3.71. The van der Waals surface area contributed by atoms with Crippen molar-refractivity contribution >= 4 is 29.1 Å². The van der Waals surface area contributed by atoms with E-state index < -0.39 is 0 Å². The summed E-state index contributed by atoms with van der Waals surface area (Å²) in [5.74, 6) is 0.721. The second kappa shape index (κ2) is 7.30. The summed E-state index contributed by atoms with van der Waals surface area (Å²) >= 11 is 11.8. The van der Waals surface area contributed by atoms with Crippen LogP contribution in [0.3, 0.4) is 0 Å². The Labute approximate surface area is 130 Å². The van der Waals surface area contributed by atoms with Gasteiger partial charge in [-0.25, -0.2) is 0 Å². The van der Waals surface area contributed by atoms with Crippen molar-refractivity contribution in [2.45, 2.75) is 13.3 Å². The molecule has 1 aliphatic rings. The van der Waals surface area contributed by atoms with Crippen molar-refractivity contribution in [3.8, 4) is 0 Å². The average Bonchev–Trinajstić information content (AvgIpc) is 2.67. The van der Waals surface area contributed by atoms with Gasteiger partial charge in [-0.05, 0) is 37.6 Å². The number of rotatable bonds is 3. The maximum Gasteiger partial charge on any atom is 0.254 e. The summed E-state index contributed by atoms with van der Waals surface area (Å²) in [6.45, 7) is 6.27. The molecular weight excluding hydrogens is 295 g/mol. The van der Waals surface area contributed by atoms with Crippen molar-refractivity contribution < 1.29 is 4.79 Å². The van der Waals surface area contributed by atoms with Crippen LogP contribution in [-0.2, 0) is 0 Å². The highest BCUT2D eigenvalue weighted by atomic mass is 35.5. The molecule has 1 heterocycles. The average molecular weight is 315 g/mol. The van der Waals surface area contributed by atoms with Crippen LogP contribution in [0.2, 0.25) is 5.02 Å². The molecule has 5 heteroatoms. The van der Waals surface area contributed by atoms with Gasteiger partial charge >= 0.3 is 0 Å². The summed E-state index contributed by atoms with van der Waals surface area (Å²) in [5.41, 5.74) is 1.68. The number of alkyl halides is 1. The molecule has 0 spiro atoms. The SMILES string of the molecule is Cc1ccc(Cl)cc1C(=O)N1CCCN(CCCl)CC1. The standard InChI is InChI=1S/C15H20Cl2N2O/c1-12-3-4-13(17)11-14(12)15(20)19-7-2-6-18(8-5-16)9-10-19/h3-4,11H,2,5-10H2,1H3. The molecule has 20 heavy (non-hydrogen) atoms. The Hall–Kier alpha value is -0.770. The van der Waals surface area contributed by atoms with Gasteiger partial charge in [-0.3, -0.25) is 4.79 Å². The zero-order chi connectivity index (χ0) is 14.5. The van der Waals surface area contributed by atoms with Crippen molar-refractivity contribution in [2.24, 2.45) is 0 Å². The van der Waals surface area contributed by atoms with Gasteiger partial charge in [-0.1, -0.05) is 17.7 Å². The van der Waals surface area contributed by atoms with Crippen LogP contribution in [0.5, 0.6) is 0 Å². The van der Waals surface area contributed by atoms with Gasteiger partial charge in [0, 0.05) is 42.6 Å². The van der Waals surface area contributed by atoms with E-state index in [1.54, 1.807) is 6.07 Å². The summed E-state index contributed by atoms with van der Waals surface area (Å²) < 4.78 is 0. The molecule has 1 saturated heterocycles. The Balaban J connectivity index is 2.07. The number of carbonyl (C=O) groups excluding carboxylic acids is 1. The summed E-state index contributed by atoms with van der Waals surface area (Å²) in [6.07, 6.45) is 0.988. The Bertz CT molecular complexity index is 479. The van der Waals surface area contributed by atoms with Gasteiger partial charge in [0.2, 0.25) is 0 Å². The van der Waals surface area contributed by atoms with Crippen molar-refractivity contribution in [3.63, 3.8) is 0 Å². The maximum absolute atomic E-state index is 12.6. The fourth-order valence-electron chi connectivity index (χ4n) is 2.51. The zero-order valence-electron chi connectivity index (χ0n) is 11.7. The predicted octanol–water partition coefficient (Wildman–Crippen LogP) is 3.04. The van der Waals surface area contributed by atoms with Gasteiger partial charge in [0.15, 0.2) is 0 Å². The first-order chi connectivity index (χ1) is 9.61. The monoisotopic (exact) mass is 314 g/mol. The molecule has 0 aliphatic carbocycles. The highest BCUT2D eigenvalue weighted by Crippen LogP contribution is 2.18. The Kier molecular flexibility index (Phi) is 5.70. The molecule has 2 rings (SSSR count). The van der Waals surface area contributed by atoms with E-state index in [1.807, 2.05) is 24.0 Å². The van der Waals surface area contributed by atoms with Gasteiger partial charge in [0.25, 0.3) is 5.91 Å². The van der Waals surface area contributed by atoms with E-state index in [2.05, 4.69) is 4.90 Å². The smallest absolute Gasteiger partial charge is 0.254 e. The van der Waals surface area contributed by atoms with Gasteiger partial charge in [-0.15, -0.1) is 11.6 Å². The van der Waals surface area contributed by atoms with Gasteiger partial charge in [0.1, 0.15) is 0 Å². The fraction of sp³-hybridized carbons (Fsp3) is 0.533. The minimum absolute atomic E-state index is 0.0812. The van der Waals surface area contributed by atoms with E-state index in [-0.39, 0.29) is 5.91 Å². The van der Waals surface area contributed by atoms with Crippen LogP contribution in [0.25, 0.3) is 0 Å². The van der Waals surface area contributed by atoms with Crippen LogP contribution in [0.4, 0.5) is 0 Å². The first-order valence-electron chi connectivity index (χ1n) is 6.95. The number of hydrogen-bond acceptors (Lipinski definition) is 2. The van der Waals surface area contributed by atoms with E-state index in [0.717, 1.165) is 44.7 Å². The molecule has 0 radical (unpaired) electrons. The zero-order valence-corrected chi connectivity index (χ0v) is 13.3. The van der Waals surface area contributed by atoms with Crippen LogP contribution >= 0.6 is 23.2 Å². The molecule has 1 aromatic carbocycles. The minimum atomic E-state index is 0.0812. The molecule has 0 atom stereocenters. The normalized spacial score (nSPS) is 17.1. The lowest BCUT2D eigenvalue weighted by atomic mass is 10.1. The van der Waals surface area contributed by atoms with Gasteiger partial charge in [-0.2, -0.15) is 0 Å². The number of nitrogens with zero attached hydrogens (tertiary/aromatic N) is 2. The molecule has 1 aliphatic heterocycles. The molecular formula is C15H20Cl2N2O. The van der Waals surface area contributed by atoms with Gasteiger partial charge < -0.3 is 9.80 Å². The van der Waals surface area contributed by atoms with Crippen LogP contribution in [0, 0.1) is 6.92 Å². The van der Waals surface area contributed by atoms with E-state index in [0.29, 0.717) is 16.5 Å². The van der Waals surface area contributed by atoms with Crippen molar-refractivity contribution in [3.05, 3.63) is 34.3 Å². The molecule has 1 fully saturated rings. The molecule has 0 unspecified atom stereocenters. The predicted molar refractivity (Wildman–Crippen MR) is 83.9 cm³/mol. The van der Waals surface area contributed by atoms with Crippen LogP contribution in [0.1, 0.15) is 22.3 Å². The number of amides is 1. The third kappa shape index (κ3) is 3.87. The summed E-state index contributed by atoms with van der Waals surface area (Å²) in [5, 5.41) is 0.609. The second-order valence-electron chi connectivity index (χ2n) is 5.14. The lowest BCUT2D eigenvalue weighted by molar-refractivity contribution is 0.0761. The first-order valence-corrected chi connectivity index (χ1v) is 7.87. The molecule has 0 aromatic heterocycles. The summed E-state index contributed by atoms with van der Waals surface area (Å²) in [4.78, 5) is 16.8. The molecule has 1 amide bonds. The van der Waals surface area contributed by atoms with Gasteiger partial charge in [0.05, 0.1) is 0 Å². The number of benzene rings is 1. The quantitative estimate of drug-likeness (QED) is 0.801. The lowest BCUT2D eigenvalue weighted by Gasteiger charge is -2.22. The number of hydrogen-bond donors (Lipinski definition) is 0. The maximum atomic E-state index is 12.6. The second-order valence-corrected chi connectivity index (χ2v) is 5.95. The molecule has 0 bridgehead atoms. The Morgan fingerprint density at radius 3 is 2.80 bits per heavy atom. The number of carbonyl (C=O) groups is 1. The number of aryl methyl sites for hydroxylation is 1. The Morgan fingerprint density at radius 1 is 1.25 bits per heavy atom. The highest BCUT2D eigenvalue weighted by Gasteiger charge is 2.21. The van der Waals surface area contributed by atoms with E-state index in [9.17, 15) is 4.79 Å². The molecule has 110 valence electrons. The lowest BCUT2D eigenvalue weighted by Crippen LogP contribution is -2.36. The highest BCUT2D eigenvalue weighted by molar-refractivity contribution is 6.31. The largest absolute Gasteiger partial charge is 0.337 e. The molecule has 3 nitrogen and oxygen atoms in total. The number of halogens is 2. The summed E-state index contributed by atoms with van der Waals surface area (Å²) in [7, 11) is 0. The minimum Gasteiger partial charge on any atom is -0.337 e. The first kappa shape index (κ1) is 15.6. The Morgan fingerprint density at radius 2 is 2.05 bits per heavy atom. The topological polar surface area (TPSA) is 23.6 Å². The fourth-order valence-corrected chi connectivity index (χ4v) is 2.92. The molecule has 0 N–H and O–H groups in total. The van der Waals surface area contributed by atoms with E-state index in [1.165, 1.54) is 0 Å². The molecule has 1 aromatic rings. The van der Waals surface area contributed by atoms with Crippen LogP contribution in [0.15, 0.2) is 18.2 Å². The van der Waals surface area contributed by atoms with Crippen LogP contribution < -0.4 is 0 Å². The van der Waals surface area contributed by atoms with Crippen LogP contribution in [-0.4, -0.2) is 54.3 Å². The van der Waals surface area contributed by atoms with E-state index >= 15 is 0 Å². The van der Waals surface area contributed by atoms with Crippen molar-refractivity contribution in [1.29, 1.82) is 0 Å². The third-order valence-corrected chi connectivity index (χ3v) is 4.11. The van der Waals surface area contributed by atoms with Crippen molar-refractivity contribution in [1.82, 2.24) is 9.80 Å². The van der Waals surface area contributed by atoms with E-state index in [4.69, 9.17) is 23.2 Å². The summed E-state index contributed by atoms with van der Waals surface area (Å²) in [6, 6.07) is 5.48. The van der Waals surface area contributed by atoms with Crippen molar-refractivity contribution in [2.75, 3.05) is 38.6 Å². The molecule has 0 saturated carbocycles.